The van der Waals surface area contributed by atoms with E-state index in [2.05, 4.69) is 0 Å². The van der Waals surface area contributed by atoms with Crippen LogP contribution in [-0.2, 0) is 14.3 Å². The van der Waals surface area contributed by atoms with E-state index in [0.29, 0.717) is 0 Å². The first-order valence-electron chi connectivity index (χ1n) is 3.72. The summed E-state index contributed by atoms with van der Waals surface area (Å²) < 4.78 is 4.89. The zero-order chi connectivity index (χ0) is 11.1. The summed E-state index contributed by atoms with van der Waals surface area (Å²) in [5.41, 5.74) is -0.494. The highest BCUT2D eigenvalue weighted by Gasteiger charge is 2.16. The van der Waals surface area contributed by atoms with Crippen LogP contribution >= 0.6 is 0 Å². The molecule has 0 aliphatic rings. The summed E-state index contributed by atoms with van der Waals surface area (Å²) in [5, 5.41) is 12.0. The molecule has 74 valence electrons. The molecule has 0 aromatic rings. The second-order valence-electron chi connectivity index (χ2n) is 3.47. The van der Waals surface area contributed by atoms with Crippen LogP contribution in [0.25, 0.3) is 0 Å². The average molecular weight is 186 g/mol. The Kier molecular flexibility index (Phi) is 6.64. The van der Waals surface area contributed by atoms with Crippen molar-refractivity contribution in [2.75, 3.05) is 0 Å². The van der Waals surface area contributed by atoms with Crippen LogP contribution in [0.3, 0.4) is 0 Å². The maximum Gasteiger partial charge on any atom is 0.313 e. The molecule has 5 heteroatoms. The summed E-state index contributed by atoms with van der Waals surface area (Å²) in [4.78, 5) is 21.3. The Morgan fingerprint density at radius 1 is 1.23 bits per heavy atom. The van der Waals surface area contributed by atoms with Gasteiger partial charge in [-0.2, -0.15) is 0 Å². The molecule has 0 amide bonds. The number of esters is 1. The Morgan fingerprint density at radius 2 is 1.62 bits per heavy atom. The standard InChI is InChI=1S/C8H14O3.N2/c1-6(9)5-7(10)11-8(2,3)4;1-2/h5H2,1-4H3;. The Balaban J connectivity index is 0. The normalized spacial score (nSPS) is 9.38. The van der Waals surface area contributed by atoms with Gasteiger partial charge >= 0.3 is 5.97 Å². The van der Waals surface area contributed by atoms with E-state index in [1.165, 1.54) is 6.92 Å². The predicted octanol–water partition coefficient (Wildman–Crippen LogP) is 1.34. The van der Waals surface area contributed by atoms with Crippen molar-refractivity contribution >= 4 is 11.8 Å². The van der Waals surface area contributed by atoms with Crippen molar-refractivity contribution in [1.82, 2.24) is 0 Å². The van der Waals surface area contributed by atoms with Crippen LogP contribution in [0, 0.1) is 10.8 Å². The molecule has 0 aromatic carbocycles. The van der Waals surface area contributed by atoms with Crippen molar-refractivity contribution in [3.63, 3.8) is 0 Å². The summed E-state index contributed by atoms with van der Waals surface area (Å²) in [5.74, 6) is -0.621. The Hall–Kier alpha value is -1.44. The van der Waals surface area contributed by atoms with Gasteiger partial charge in [0, 0.05) is 10.8 Å². The minimum absolute atomic E-state index is 0.128. The average Bonchev–Trinajstić information content (AvgIpc) is 1.85. The molecular formula is C8H14N2O3. The van der Waals surface area contributed by atoms with E-state index in [1.807, 2.05) is 0 Å². The van der Waals surface area contributed by atoms with Gasteiger partial charge in [-0.05, 0) is 27.7 Å². The molecule has 0 saturated heterocycles. The lowest BCUT2D eigenvalue weighted by molar-refractivity contribution is -0.155. The number of hydrogen-bond acceptors (Lipinski definition) is 5. The maximum atomic E-state index is 10.8. The van der Waals surface area contributed by atoms with Crippen LogP contribution in [0.1, 0.15) is 34.1 Å². The molecule has 5 nitrogen and oxygen atoms in total. The summed E-state index contributed by atoms with van der Waals surface area (Å²) >= 11 is 0. The Bertz CT molecular complexity index is 203. The van der Waals surface area contributed by atoms with Crippen LogP contribution < -0.4 is 0 Å². The van der Waals surface area contributed by atoms with Crippen LogP contribution in [0.2, 0.25) is 0 Å². The number of carbonyl (C=O) groups excluding carboxylic acids is 2. The number of nitrogens with zero attached hydrogens (tertiary/aromatic N) is 2. The van der Waals surface area contributed by atoms with Crippen molar-refractivity contribution in [3.8, 4) is 0 Å². The van der Waals surface area contributed by atoms with E-state index < -0.39 is 11.6 Å². The lowest BCUT2D eigenvalue weighted by atomic mass is 10.2. The van der Waals surface area contributed by atoms with Gasteiger partial charge < -0.3 is 4.74 Å². The quantitative estimate of drug-likeness (QED) is 0.368. The molecule has 0 N–H and O–H groups in total. The first kappa shape index (κ1) is 14.1. The molecule has 0 heterocycles. The minimum atomic E-state index is -0.494. The lowest BCUT2D eigenvalue weighted by Crippen LogP contribution is -2.24. The molecule has 0 radical (unpaired) electrons. The monoisotopic (exact) mass is 186 g/mol. The SMILES string of the molecule is CC(=O)CC(=O)OC(C)(C)C.N#N. The number of ether oxygens (including phenoxy) is 1. The molecular weight excluding hydrogens is 172 g/mol. The van der Waals surface area contributed by atoms with Crippen LogP contribution in [0.4, 0.5) is 0 Å². The van der Waals surface area contributed by atoms with Crippen LogP contribution in [0.5, 0.6) is 0 Å². The first-order chi connectivity index (χ1) is 5.81. The van der Waals surface area contributed by atoms with E-state index in [1.54, 1.807) is 20.8 Å². The zero-order valence-corrected chi connectivity index (χ0v) is 8.33. The van der Waals surface area contributed by atoms with Crippen LogP contribution in [-0.4, -0.2) is 17.4 Å². The van der Waals surface area contributed by atoms with Gasteiger partial charge in [-0.1, -0.05) is 0 Å². The fourth-order valence-corrected chi connectivity index (χ4v) is 0.581. The zero-order valence-electron chi connectivity index (χ0n) is 8.33. The molecule has 13 heavy (non-hydrogen) atoms. The predicted molar refractivity (Wildman–Crippen MR) is 44.6 cm³/mol. The van der Waals surface area contributed by atoms with Gasteiger partial charge in [-0.15, -0.1) is 0 Å². The maximum absolute atomic E-state index is 10.8. The summed E-state index contributed by atoms with van der Waals surface area (Å²) in [6.45, 7) is 6.67. The second kappa shape index (κ2) is 6.12. The van der Waals surface area contributed by atoms with Gasteiger partial charge in [0.15, 0.2) is 0 Å². The lowest BCUT2D eigenvalue weighted by Gasteiger charge is -2.18. The van der Waals surface area contributed by atoms with E-state index in [-0.39, 0.29) is 12.2 Å². The molecule has 0 atom stereocenters. The van der Waals surface area contributed by atoms with Crippen molar-refractivity contribution in [2.45, 2.75) is 39.7 Å². The second-order valence-corrected chi connectivity index (χ2v) is 3.47. The van der Waals surface area contributed by atoms with Gasteiger partial charge in [0.25, 0.3) is 0 Å². The molecule has 0 bridgehead atoms. The fourth-order valence-electron chi connectivity index (χ4n) is 0.581. The highest BCUT2D eigenvalue weighted by molar-refractivity contribution is 5.94. The summed E-state index contributed by atoms with van der Waals surface area (Å²) in [6, 6.07) is 0. The van der Waals surface area contributed by atoms with Crippen molar-refractivity contribution in [2.24, 2.45) is 0 Å². The molecule has 0 saturated carbocycles. The Morgan fingerprint density at radius 3 is 1.85 bits per heavy atom. The number of Topliss-reactive ketones (excluding diaryl/α,β-unsaturated/α-hetero) is 1. The van der Waals surface area contributed by atoms with Gasteiger partial charge in [0.2, 0.25) is 0 Å². The fraction of sp³-hybridized carbons (Fsp3) is 0.750. The van der Waals surface area contributed by atoms with E-state index in [0.717, 1.165) is 0 Å². The van der Waals surface area contributed by atoms with Crippen molar-refractivity contribution in [1.29, 1.82) is 10.8 Å². The third-order valence-corrected chi connectivity index (χ3v) is 0.813. The number of rotatable bonds is 2. The third-order valence-electron chi connectivity index (χ3n) is 0.813. The topological polar surface area (TPSA) is 90.9 Å². The largest absolute Gasteiger partial charge is 0.460 e. The highest BCUT2D eigenvalue weighted by Crippen LogP contribution is 2.07. The molecule has 0 aromatic heterocycles. The van der Waals surface area contributed by atoms with E-state index in [9.17, 15) is 9.59 Å². The van der Waals surface area contributed by atoms with Gasteiger partial charge in [-0.25, -0.2) is 0 Å². The minimum Gasteiger partial charge on any atom is -0.460 e. The highest BCUT2D eigenvalue weighted by atomic mass is 16.6. The molecule has 0 rings (SSSR count). The summed E-state index contributed by atoms with van der Waals surface area (Å²) in [7, 11) is 0. The molecule has 0 unspecified atom stereocenters. The Labute approximate surface area is 77.5 Å². The van der Waals surface area contributed by atoms with Gasteiger partial charge in [0.1, 0.15) is 17.8 Å². The molecule has 0 aliphatic carbocycles. The van der Waals surface area contributed by atoms with Crippen LogP contribution in [0.15, 0.2) is 0 Å². The van der Waals surface area contributed by atoms with Crippen molar-refractivity contribution in [3.05, 3.63) is 0 Å². The van der Waals surface area contributed by atoms with Gasteiger partial charge in [0.05, 0.1) is 0 Å². The smallest absolute Gasteiger partial charge is 0.313 e. The molecule has 0 aliphatic heterocycles. The molecule has 0 spiro atoms. The number of ketones is 1. The molecule has 0 fully saturated rings. The first-order valence-corrected chi connectivity index (χ1v) is 3.72. The van der Waals surface area contributed by atoms with Gasteiger partial charge in [-0.3, -0.25) is 9.59 Å². The summed E-state index contributed by atoms with van der Waals surface area (Å²) in [6.07, 6.45) is -0.128. The number of hydrogen-bond donors (Lipinski definition) is 0. The van der Waals surface area contributed by atoms with E-state index in [4.69, 9.17) is 15.5 Å². The number of carbonyl (C=O) groups is 2. The van der Waals surface area contributed by atoms with Crippen molar-refractivity contribution < 1.29 is 14.3 Å². The van der Waals surface area contributed by atoms with E-state index >= 15 is 0 Å². The third kappa shape index (κ3) is 13.5.